The third-order valence-electron chi connectivity index (χ3n) is 5.03. The Labute approximate surface area is 181 Å². The van der Waals surface area contributed by atoms with Crippen molar-refractivity contribution in [2.45, 2.75) is 58.9 Å². The van der Waals surface area contributed by atoms with Gasteiger partial charge in [-0.2, -0.15) is 4.98 Å². The Morgan fingerprint density at radius 1 is 1.17 bits per heavy atom. The second-order valence-corrected chi connectivity index (χ2v) is 9.98. The van der Waals surface area contributed by atoms with Gasteiger partial charge in [0.25, 0.3) is 0 Å². The molecule has 0 unspecified atom stereocenters. The molecule has 0 radical (unpaired) electrons. The summed E-state index contributed by atoms with van der Waals surface area (Å²) in [6.07, 6.45) is 3.04. The van der Waals surface area contributed by atoms with Crippen LogP contribution in [-0.2, 0) is 12.0 Å². The minimum absolute atomic E-state index is 0.0111. The Bertz CT molecular complexity index is 1010. The van der Waals surface area contributed by atoms with Gasteiger partial charge in [-0.15, -0.1) is 10.2 Å². The standard InChI is InChI=1S/C22H28N6OS/c1-13-6-7-17(23-10-13)16-8-15(16)12-29-19-9-18(25-14(2)26-19)24-11-20-27-28-21(30-20)22(3,4)5/h6-7,9-10,15-16H,8,11-12H2,1-5H3,(H,24,25,26)/t15-,16+/m1/s1. The number of anilines is 1. The van der Waals surface area contributed by atoms with Crippen molar-refractivity contribution in [2.75, 3.05) is 11.9 Å². The summed E-state index contributed by atoms with van der Waals surface area (Å²) in [5.41, 5.74) is 2.35. The molecule has 0 amide bonds. The predicted octanol–water partition coefficient (Wildman–Crippen LogP) is 4.43. The highest BCUT2D eigenvalue weighted by atomic mass is 32.1. The van der Waals surface area contributed by atoms with Crippen molar-refractivity contribution in [3.8, 4) is 5.88 Å². The molecule has 0 saturated heterocycles. The van der Waals surface area contributed by atoms with Crippen LogP contribution >= 0.6 is 11.3 Å². The molecule has 1 aliphatic rings. The van der Waals surface area contributed by atoms with Gasteiger partial charge in [-0.1, -0.05) is 38.2 Å². The van der Waals surface area contributed by atoms with Crippen LogP contribution in [0.4, 0.5) is 5.82 Å². The zero-order chi connectivity index (χ0) is 21.3. The van der Waals surface area contributed by atoms with Gasteiger partial charge in [-0.25, -0.2) is 4.98 Å². The highest BCUT2D eigenvalue weighted by Crippen LogP contribution is 2.46. The Kier molecular flexibility index (Phi) is 5.69. The van der Waals surface area contributed by atoms with Gasteiger partial charge in [0.05, 0.1) is 13.2 Å². The maximum atomic E-state index is 5.98. The summed E-state index contributed by atoms with van der Waals surface area (Å²) < 4.78 is 5.98. The molecule has 30 heavy (non-hydrogen) atoms. The molecule has 158 valence electrons. The molecule has 1 aliphatic carbocycles. The normalized spacial score (nSPS) is 18.3. The number of nitrogens with zero attached hydrogens (tertiary/aromatic N) is 5. The molecular formula is C22H28N6OS. The van der Waals surface area contributed by atoms with Crippen molar-refractivity contribution in [1.29, 1.82) is 0 Å². The number of nitrogens with one attached hydrogen (secondary N) is 1. The molecule has 0 bridgehead atoms. The van der Waals surface area contributed by atoms with Crippen LogP contribution in [0.3, 0.4) is 0 Å². The average Bonchev–Trinajstić information content (AvgIpc) is 3.29. The lowest BCUT2D eigenvalue weighted by Crippen LogP contribution is -2.10. The average molecular weight is 425 g/mol. The quantitative estimate of drug-likeness (QED) is 0.600. The predicted molar refractivity (Wildman–Crippen MR) is 118 cm³/mol. The van der Waals surface area contributed by atoms with Crippen LogP contribution in [0.1, 0.15) is 60.2 Å². The number of hydrogen-bond acceptors (Lipinski definition) is 8. The van der Waals surface area contributed by atoms with E-state index in [2.05, 4.69) is 70.3 Å². The molecule has 3 aromatic rings. The molecule has 3 heterocycles. The molecule has 8 heteroatoms. The fraction of sp³-hybridized carbons (Fsp3) is 0.500. The van der Waals surface area contributed by atoms with Gasteiger partial charge in [-0.3, -0.25) is 4.98 Å². The molecule has 7 nitrogen and oxygen atoms in total. The lowest BCUT2D eigenvalue weighted by molar-refractivity contribution is 0.284. The van der Waals surface area contributed by atoms with E-state index in [0.29, 0.717) is 36.7 Å². The number of pyridine rings is 1. The number of aromatic nitrogens is 5. The highest BCUT2D eigenvalue weighted by Gasteiger charge is 2.40. The first-order valence-electron chi connectivity index (χ1n) is 10.3. The first kappa shape index (κ1) is 20.7. The third kappa shape index (κ3) is 5.11. The van der Waals surface area contributed by atoms with Crippen LogP contribution in [0.25, 0.3) is 0 Å². The molecule has 0 aliphatic heterocycles. The van der Waals surface area contributed by atoms with Crippen molar-refractivity contribution in [3.05, 3.63) is 51.5 Å². The van der Waals surface area contributed by atoms with Crippen molar-refractivity contribution < 1.29 is 4.74 Å². The topological polar surface area (TPSA) is 85.7 Å². The number of ether oxygens (including phenoxy) is 1. The summed E-state index contributed by atoms with van der Waals surface area (Å²) in [6, 6.07) is 6.09. The summed E-state index contributed by atoms with van der Waals surface area (Å²) in [6.45, 7) is 11.6. The lowest BCUT2D eigenvalue weighted by Gasteiger charge is -2.12. The van der Waals surface area contributed by atoms with Gasteiger partial charge in [0.2, 0.25) is 5.88 Å². The van der Waals surface area contributed by atoms with E-state index in [-0.39, 0.29) is 5.41 Å². The fourth-order valence-electron chi connectivity index (χ4n) is 3.18. The smallest absolute Gasteiger partial charge is 0.218 e. The highest BCUT2D eigenvalue weighted by molar-refractivity contribution is 7.11. The molecular weight excluding hydrogens is 396 g/mol. The Balaban J connectivity index is 1.32. The summed E-state index contributed by atoms with van der Waals surface area (Å²) in [5.74, 6) is 2.98. The summed E-state index contributed by atoms with van der Waals surface area (Å²) in [7, 11) is 0. The molecule has 4 rings (SSSR count). The van der Waals surface area contributed by atoms with E-state index in [1.165, 1.54) is 5.56 Å². The van der Waals surface area contributed by atoms with Crippen LogP contribution in [0.2, 0.25) is 0 Å². The van der Waals surface area contributed by atoms with Crippen LogP contribution in [0.15, 0.2) is 24.4 Å². The SMILES string of the molecule is Cc1ccc([C@H]2C[C@@H]2COc2cc(NCc3nnc(C(C)(C)C)s3)nc(C)n2)nc1. The van der Waals surface area contributed by atoms with Gasteiger partial charge < -0.3 is 10.1 Å². The van der Waals surface area contributed by atoms with E-state index in [1.54, 1.807) is 11.3 Å². The second kappa shape index (κ2) is 8.26. The van der Waals surface area contributed by atoms with Crippen molar-refractivity contribution in [2.24, 2.45) is 5.92 Å². The first-order valence-corrected chi connectivity index (χ1v) is 11.1. The monoisotopic (exact) mass is 424 g/mol. The Hall–Kier alpha value is -2.61. The Morgan fingerprint density at radius 3 is 2.70 bits per heavy atom. The zero-order valence-corrected chi connectivity index (χ0v) is 19.0. The van der Waals surface area contributed by atoms with Crippen molar-refractivity contribution in [3.63, 3.8) is 0 Å². The van der Waals surface area contributed by atoms with E-state index in [0.717, 1.165) is 27.9 Å². The number of rotatable bonds is 7. The van der Waals surface area contributed by atoms with E-state index in [4.69, 9.17) is 4.74 Å². The van der Waals surface area contributed by atoms with Gasteiger partial charge in [0.15, 0.2) is 0 Å². The first-order chi connectivity index (χ1) is 14.3. The van der Waals surface area contributed by atoms with Crippen LogP contribution < -0.4 is 10.1 Å². The molecule has 2 atom stereocenters. The third-order valence-corrected chi connectivity index (χ3v) is 6.37. The van der Waals surface area contributed by atoms with E-state index >= 15 is 0 Å². The summed E-state index contributed by atoms with van der Waals surface area (Å²) >= 11 is 1.62. The van der Waals surface area contributed by atoms with Gasteiger partial charge in [-0.05, 0) is 31.9 Å². The number of aryl methyl sites for hydroxylation is 2. The largest absolute Gasteiger partial charge is 0.477 e. The fourth-order valence-corrected chi connectivity index (χ4v) is 4.02. The molecule has 0 spiro atoms. The van der Waals surface area contributed by atoms with Gasteiger partial charge >= 0.3 is 0 Å². The van der Waals surface area contributed by atoms with Crippen LogP contribution in [0.5, 0.6) is 5.88 Å². The second-order valence-electron chi connectivity index (χ2n) is 8.92. The molecule has 1 N–H and O–H groups in total. The summed E-state index contributed by atoms with van der Waals surface area (Å²) in [4.78, 5) is 13.4. The molecule has 1 saturated carbocycles. The molecule has 3 aromatic heterocycles. The van der Waals surface area contributed by atoms with Gasteiger partial charge in [0, 0.05) is 35.2 Å². The molecule has 0 aromatic carbocycles. The van der Waals surface area contributed by atoms with E-state index < -0.39 is 0 Å². The summed E-state index contributed by atoms with van der Waals surface area (Å²) in [5, 5.41) is 13.9. The maximum absolute atomic E-state index is 5.98. The van der Waals surface area contributed by atoms with E-state index in [9.17, 15) is 0 Å². The van der Waals surface area contributed by atoms with Crippen LogP contribution in [0, 0.1) is 19.8 Å². The zero-order valence-electron chi connectivity index (χ0n) is 18.1. The minimum Gasteiger partial charge on any atom is -0.477 e. The molecule has 1 fully saturated rings. The van der Waals surface area contributed by atoms with Crippen LogP contribution in [-0.4, -0.2) is 31.8 Å². The number of hydrogen-bond donors (Lipinski definition) is 1. The van der Waals surface area contributed by atoms with Crippen molar-refractivity contribution >= 4 is 17.2 Å². The lowest BCUT2D eigenvalue weighted by atomic mass is 9.98. The van der Waals surface area contributed by atoms with Gasteiger partial charge in [0.1, 0.15) is 21.7 Å². The maximum Gasteiger partial charge on any atom is 0.218 e. The van der Waals surface area contributed by atoms with E-state index in [1.807, 2.05) is 19.2 Å². The Morgan fingerprint density at radius 2 is 2.00 bits per heavy atom. The minimum atomic E-state index is 0.0111. The van der Waals surface area contributed by atoms with Crippen molar-refractivity contribution in [1.82, 2.24) is 25.1 Å².